The van der Waals surface area contributed by atoms with Crippen LogP contribution < -0.4 is 10.2 Å². The van der Waals surface area contributed by atoms with Crippen molar-refractivity contribution >= 4 is 32.9 Å². The molecule has 0 amide bonds. The lowest BCUT2D eigenvalue weighted by Gasteiger charge is -2.43. The van der Waals surface area contributed by atoms with Crippen molar-refractivity contribution in [2.45, 2.75) is 23.7 Å². The molecular formula is C27H26F4N6O2S. The Kier molecular flexibility index (Phi) is 7.02. The second-order valence-corrected chi connectivity index (χ2v) is 11.7. The second-order valence-electron chi connectivity index (χ2n) is 9.71. The van der Waals surface area contributed by atoms with E-state index < -0.39 is 27.5 Å². The predicted octanol–water partition coefficient (Wildman–Crippen LogP) is 3.99. The number of hydrogen-bond acceptors (Lipinski definition) is 8. The molecule has 1 N–H and O–H groups in total. The Balaban J connectivity index is 1.64. The molecule has 0 aliphatic carbocycles. The van der Waals surface area contributed by atoms with Crippen LogP contribution in [-0.2, 0) is 9.84 Å². The molecule has 0 bridgehead atoms. The minimum absolute atomic E-state index is 0.0303. The molecule has 13 heteroatoms. The topological polar surface area (TPSA) is 90.8 Å². The second kappa shape index (κ2) is 10.2. The van der Waals surface area contributed by atoms with E-state index in [0.717, 1.165) is 13.2 Å². The summed E-state index contributed by atoms with van der Waals surface area (Å²) in [5.74, 6) is 0.124. The van der Waals surface area contributed by atoms with Gasteiger partial charge in [0.25, 0.3) is 0 Å². The Morgan fingerprint density at radius 3 is 1.98 bits per heavy atom. The quantitative estimate of drug-likeness (QED) is 0.472. The first-order chi connectivity index (χ1) is 18.9. The van der Waals surface area contributed by atoms with E-state index in [1.165, 1.54) is 48.5 Å². The summed E-state index contributed by atoms with van der Waals surface area (Å²) in [5, 5.41) is 2.58. The molecule has 40 heavy (non-hydrogen) atoms. The van der Waals surface area contributed by atoms with Crippen molar-refractivity contribution in [3.05, 3.63) is 83.9 Å². The van der Waals surface area contributed by atoms with Crippen molar-refractivity contribution in [2.24, 2.45) is 4.99 Å². The van der Waals surface area contributed by atoms with Crippen molar-refractivity contribution in [2.75, 3.05) is 37.3 Å². The first-order valence-electron chi connectivity index (χ1n) is 12.4. The molecule has 1 aromatic heterocycles. The molecule has 0 radical (unpaired) electrons. The standard InChI is InChI=1S/C27H26F4N6O2S/c1-26(27(29,30)31)34-23(19-6-10-21(11-7-19)40(2,38)39)22(18-4-8-20(28)9-5-18)24(35-26)36-14-16-37(17-15-36)25-32-12-3-13-33-25/h3-13,34H,14-17H2,1-2H3. The fourth-order valence-electron chi connectivity index (χ4n) is 4.62. The van der Waals surface area contributed by atoms with Crippen LogP contribution in [0.15, 0.2) is 76.9 Å². The van der Waals surface area contributed by atoms with Crippen LogP contribution in [0.5, 0.6) is 0 Å². The van der Waals surface area contributed by atoms with Gasteiger partial charge in [-0.2, -0.15) is 13.2 Å². The summed E-state index contributed by atoms with van der Waals surface area (Å²) in [6, 6.07) is 12.7. The van der Waals surface area contributed by atoms with Crippen LogP contribution in [0.2, 0.25) is 0 Å². The molecule has 8 nitrogen and oxygen atoms in total. The highest BCUT2D eigenvalue weighted by molar-refractivity contribution is 7.90. The monoisotopic (exact) mass is 574 g/mol. The van der Waals surface area contributed by atoms with E-state index in [0.29, 0.717) is 48.8 Å². The zero-order valence-electron chi connectivity index (χ0n) is 21.7. The van der Waals surface area contributed by atoms with Gasteiger partial charge in [0.2, 0.25) is 11.6 Å². The molecule has 2 aliphatic heterocycles. The Labute approximate surface area is 229 Å². The largest absolute Gasteiger partial charge is 0.431 e. The molecule has 0 saturated carbocycles. The van der Waals surface area contributed by atoms with Crippen LogP contribution in [-0.4, -0.2) is 73.4 Å². The van der Waals surface area contributed by atoms with Gasteiger partial charge >= 0.3 is 6.18 Å². The van der Waals surface area contributed by atoms with Gasteiger partial charge in [0, 0.05) is 50.4 Å². The van der Waals surface area contributed by atoms with Gasteiger partial charge in [-0.25, -0.2) is 27.8 Å². The Bertz CT molecular complexity index is 1550. The van der Waals surface area contributed by atoms with Crippen LogP contribution in [0.1, 0.15) is 18.1 Å². The first-order valence-corrected chi connectivity index (χ1v) is 14.3. The first kappa shape index (κ1) is 27.6. The molecule has 1 unspecified atom stereocenters. The van der Waals surface area contributed by atoms with Crippen molar-refractivity contribution < 1.29 is 26.0 Å². The summed E-state index contributed by atoms with van der Waals surface area (Å²) < 4.78 is 81.3. The average molecular weight is 575 g/mol. The van der Waals surface area contributed by atoms with Crippen molar-refractivity contribution in [3.63, 3.8) is 0 Å². The van der Waals surface area contributed by atoms with Crippen molar-refractivity contribution in [3.8, 4) is 0 Å². The van der Waals surface area contributed by atoms with Crippen LogP contribution in [0, 0.1) is 5.82 Å². The normalized spacial score (nSPS) is 20.3. The van der Waals surface area contributed by atoms with Crippen LogP contribution in [0.3, 0.4) is 0 Å². The van der Waals surface area contributed by atoms with Gasteiger partial charge < -0.3 is 15.1 Å². The lowest BCUT2D eigenvalue weighted by molar-refractivity contribution is -0.185. The summed E-state index contributed by atoms with van der Waals surface area (Å²) in [4.78, 5) is 16.5. The van der Waals surface area contributed by atoms with Gasteiger partial charge in [-0.15, -0.1) is 0 Å². The zero-order valence-corrected chi connectivity index (χ0v) is 22.5. The van der Waals surface area contributed by atoms with E-state index in [9.17, 15) is 26.0 Å². The molecule has 210 valence electrons. The van der Waals surface area contributed by atoms with E-state index in [1.54, 1.807) is 23.4 Å². The molecule has 1 atom stereocenters. The number of alkyl halides is 3. The van der Waals surface area contributed by atoms with Gasteiger partial charge in [-0.1, -0.05) is 24.3 Å². The number of benzene rings is 2. The van der Waals surface area contributed by atoms with Gasteiger partial charge in [0.1, 0.15) is 11.7 Å². The van der Waals surface area contributed by atoms with Gasteiger partial charge in [-0.05, 0) is 48.4 Å². The third-order valence-corrected chi connectivity index (χ3v) is 7.97. The number of amidine groups is 1. The highest BCUT2D eigenvalue weighted by Crippen LogP contribution is 2.41. The van der Waals surface area contributed by atoms with E-state index in [1.807, 2.05) is 4.90 Å². The number of nitrogens with one attached hydrogen (secondary N) is 1. The molecule has 0 spiro atoms. The van der Waals surface area contributed by atoms with Gasteiger partial charge in [0.05, 0.1) is 10.6 Å². The molecule has 2 aromatic carbocycles. The summed E-state index contributed by atoms with van der Waals surface area (Å²) in [7, 11) is -3.53. The number of rotatable bonds is 4. The SMILES string of the molecule is CC1(C(F)(F)F)N=C(N2CCN(c3ncccn3)CC2)C(c2ccc(F)cc2)=C(c2ccc(S(C)(=O)=O)cc2)N1. The Hall–Kier alpha value is -4.00. The molecule has 5 rings (SSSR count). The lowest BCUT2D eigenvalue weighted by atomic mass is 9.93. The summed E-state index contributed by atoms with van der Waals surface area (Å²) in [6.45, 7) is 2.49. The molecule has 3 aromatic rings. The minimum atomic E-state index is -4.77. The number of hydrogen-bond donors (Lipinski definition) is 1. The maximum absolute atomic E-state index is 14.5. The summed E-state index contributed by atoms with van der Waals surface area (Å²) in [5.41, 5.74) is -1.46. The van der Waals surface area contributed by atoms with Crippen LogP contribution in [0.25, 0.3) is 11.3 Å². The fraction of sp³-hybridized carbons (Fsp3) is 0.296. The highest BCUT2D eigenvalue weighted by Gasteiger charge is 2.54. The summed E-state index contributed by atoms with van der Waals surface area (Å²) >= 11 is 0. The average Bonchev–Trinajstić information content (AvgIpc) is 2.93. The Morgan fingerprint density at radius 2 is 1.43 bits per heavy atom. The van der Waals surface area contributed by atoms with E-state index in [-0.39, 0.29) is 16.4 Å². The molecule has 1 saturated heterocycles. The number of anilines is 1. The lowest BCUT2D eigenvalue weighted by Crippen LogP contribution is -2.58. The van der Waals surface area contributed by atoms with E-state index >= 15 is 0 Å². The number of aromatic nitrogens is 2. The smallest absolute Gasteiger partial charge is 0.353 e. The molecular weight excluding hydrogens is 548 g/mol. The summed E-state index contributed by atoms with van der Waals surface area (Å²) in [6.07, 6.45) is -0.478. The highest BCUT2D eigenvalue weighted by atomic mass is 32.2. The molecule has 1 fully saturated rings. The number of halogens is 4. The molecule has 3 heterocycles. The maximum Gasteiger partial charge on any atom is 0.431 e. The third kappa shape index (κ3) is 5.37. The molecule has 2 aliphatic rings. The van der Waals surface area contributed by atoms with E-state index in [4.69, 9.17) is 0 Å². The number of nitrogens with zero attached hydrogens (tertiary/aromatic N) is 5. The predicted molar refractivity (Wildman–Crippen MR) is 144 cm³/mol. The minimum Gasteiger partial charge on any atom is -0.353 e. The van der Waals surface area contributed by atoms with Gasteiger partial charge in [0.15, 0.2) is 9.84 Å². The number of sulfone groups is 1. The Morgan fingerprint density at radius 1 is 0.875 bits per heavy atom. The maximum atomic E-state index is 14.5. The van der Waals surface area contributed by atoms with Gasteiger partial charge in [-0.3, -0.25) is 0 Å². The third-order valence-electron chi connectivity index (χ3n) is 6.84. The van der Waals surface area contributed by atoms with Crippen LogP contribution >= 0.6 is 0 Å². The van der Waals surface area contributed by atoms with Crippen molar-refractivity contribution in [1.29, 1.82) is 0 Å². The zero-order chi connectivity index (χ0) is 28.7. The van der Waals surface area contributed by atoms with E-state index in [2.05, 4.69) is 20.3 Å². The fourth-order valence-corrected chi connectivity index (χ4v) is 5.25. The van der Waals surface area contributed by atoms with Crippen molar-refractivity contribution in [1.82, 2.24) is 20.2 Å². The number of aliphatic imine (C=N–C) groups is 1. The van der Waals surface area contributed by atoms with Crippen LogP contribution in [0.4, 0.5) is 23.5 Å². The number of piperazine rings is 1.